The third-order valence-electron chi connectivity index (χ3n) is 5.09. The number of hydrogen-bond donors (Lipinski definition) is 2. The molecule has 8 heteroatoms. The average molecular weight is 476 g/mol. The second-order valence-corrected chi connectivity index (χ2v) is 8.05. The maximum absolute atomic E-state index is 13.8. The number of anilines is 1. The van der Waals surface area contributed by atoms with Crippen LogP contribution in [-0.4, -0.2) is 16.0 Å². The molecule has 0 saturated heterocycles. The van der Waals surface area contributed by atoms with E-state index in [1.54, 1.807) is 24.3 Å². The Kier molecular flexibility index (Phi) is 5.50. The normalized spacial score (nSPS) is 11.0. The Labute approximate surface area is 198 Å². The molecule has 1 heterocycles. The van der Waals surface area contributed by atoms with Crippen molar-refractivity contribution in [2.75, 3.05) is 5.32 Å². The predicted octanol–water partition coefficient (Wildman–Crippen LogP) is 6.57. The molecule has 0 aliphatic heterocycles. The molecular formula is C25H15ClFN3O2S. The van der Waals surface area contributed by atoms with Gasteiger partial charge in [-0.05, 0) is 60.1 Å². The summed E-state index contributed by atoms with van der Waals surface area (Å²) in [5, 5.41) is 7.94. The van der Waals surface area contributed by atoms with Gasteiger partial charge in [-0.2, -0.15) is 0 Å². The zero-order valence-corrected chi connectivity index (χ0v) is 18.5. The third-order valence-corrected chi connectivity index (χ3v) is 5.62. The van der Waals surface area contributed by atoms with Gasteiger partial charge in [0.2, 0.25) is 5.89 Å². The summed E-state index contributed by atoms with van der Waals surface area (Å²) in [7, 11) is 0. The molecular weight excluding hydrogens is 461 g/mol. The molecule has 5 rings (SSSR count). The number of thiocarbonyl (C=S) groups is 1. The Hall–Kier alpha value is -3.81. The summed E-state index contributed by atoms with van der Waals surface area (Å²) in [4.78, 5) is 16.9. The van der Waals surface area contributed by atoms with Gasteiger partial charge in [-0.3, -0.25) is 10.1 Å². The number of nitrogens with zero attached hydrogens (tertiary/aromatic N) is 1. The number of nitrogens with one attached hydrogen (secondary N) is 2. The lowest BCUT2D eigenvalue weighted by Gasteiger charge is -2.09. The second-order valence-electron chi connectivity index (χ2n) is 7.23. The van der Waals surface area contributed by atoms with Gasteiger partial charge in [-0.15, -0.1) is 0 Å². The highest BCUT2D eigenvalue weighted by Crippen LogP contribution is 2.33. The lowest BCUT2D eigenvalue weighted by molar-refractivity contribution is 0.0974. The first-order valence-electron chi connectivity index (χ1n) is 9.95. The van der Waals surface area contributed by atoms with E-state index in [1.807, 2.05) is 36.4 Å². The van der Waals surface area contributed by atoms with Crippen molar-refractivity contribution in [3.05, 3.63) is 95.3 Å². The van der Waals surface area contributed by atoms with Crippen LogP contribution in [0.4, 0.5) is 10.1 Å². The highest BCUT2D eigenvalue weighted by atomic mass is 35.5. The van der Waals surface area contributed by atoms with Crippen molar-refractivity contribution in [2.24, 2.45) is 0 Å². The first kappa shape index (κ1) is 21.1. The molecule has 0 saturated carbocycles. The Balaban J connectivity index is 1.39. The molecule has 1 amide bonds. The van der Waals surface area contributed by atoms with E-state index in [0.717, 1.165) is 16.3 Å². The molecule has 0 radical (unpaired) electrons. The van der Waals surface area contributed by atoms with Crippen molar-refractivity contribution in [1.29, 1.82) is 0 Å². The van der Waals surface area contributed by atoms with Crippen molar-refractivity contribution in [1.82, 2.24) is 10.3 Å². The van der Waals surface area contributed by atoms with Crippen molar-refractivity contribution in [3.8, 4) is 11.5 Å². The van der Waals surface area contributed by atoms with Crippen LogP contribution in [-0.2, 0) is 0 Å². The highest BCUT2D eigenvalue weighted by Gasteiger charge is 2.15. The average Bonchev–Trinajstić information content (AvgIpc) is 3.22. The fraction of sp³-hybridized carbons (Fsp3) is 0. The standard InChI is InChI=1S/C25H15ClFN3O2S/c26-19-9-4-6-15-16(19)7-3-8-17(15)24-29-21-13-14(11-12-22(21)32-24)28-25(33)30-23(31)18-5-1-2-10-20(18)27/h1-13H,(H2,28,30,31,33). The minimum Gasteiger partial charge on any atom is -0.436 e. The van der Waals surface area contributed by atoms with Crippen LogP contribution >= 0.6 is 23.8 Å². The van der Waals surface area contributed by atoms with Crippen LogP contribution in [0.25, 0.3) is 33.3 Å². The smallest absolute Gasteiger partial charge is 0.260 e. The van der Waals surface area contributed by atoms with E-state index in [1.165, 1.54) is 18.2 Å². The van der Waals surface area contributed by atoms with Crippen LogP contribution in [0, 0.1) is 5.82 Å². The van der Waals surface area contributed by atoms with Crippen LogP contribution < -0.4 is 10.6 Å². The SMILES string of the molecule is O=C(NC(=S)Nc1ccc2oc(-c3cccc4c(Cl)cccc34)nc2c1)c1ccccc1F. The van der Waals surface area contributed by atoms with E-state index in [0.29, 0.717) is 27.7 Å². The molecule has 0 aliphatic rings. The number of rotatable bonds is 3. The number of carbonyl (C=O) groups is 1. The number of amides is 1. The lowest BCUT2D eigenvalue weighted by Crippen LogP contribution is -2.34. The van der Waals surface area contributed by atoms with Gasteiger partial charge in [-0.1, -0.05) is 48.0 Å². The third kappa shape index (κ3) is 4.16. The van der Waals surface area contributed by atoms with Crippen LogP contribution in [0.5, 0.6) is 0 Å². The van der Waals surface area contributed by atoms with Crippen LogP contribution in [0.15, 0.2) is 83.3 Å². The topological polar surface area (TPSA) is 67.2 Å². The number of hydrogen-bond acceptors (Lipinski definition) is 4. The molecule has 1 aromatic heterocycles. The Bertz CT molecular complexity index is 1550. The van der Waals surface area contributed by atoms with E-state index in [-0.39, 0.29) is 10.7 Å². The molecule has 5 nitrogen and oxygen atoms in total. The Morgan fingerprint density at radius 2 is 1.76 bits per heavy atom. The largest absolute Gasteiger partial charge is 0.436 e. The van der Waals surface area contributed by atoms with E-state index in [4.69, 9.17) is 28.2 Å². The van der Waals surface area contributed by atoms with Crippen molar-refractivity contribution < 1.29 is 13.6 Å². The van der Waals surface area contributed by atoms with Gasteiger partial charge < -0.3 is 9.73 Å². The van der Waals surface area contributed by atoms with E-state index < -0.39 is 11.7 Å². The van der Waals surface area contributed by atoms with Crippen molar-refractivity contribution in [3.63, 3.8) is 0 Å². The van der Waals surface area contributed by atoms with Crippen LogP contribution in [0.2, 0.25) is 5.02 Å². The minimum atomic E-state index is -0.634. The van der Waals surface area contributed by atoms with Gasteiger partial charge in [0.25, 0.3) is 5.91 Å². The zero-order valence-electron chi connectivity index (χ0n) is 16.9. The second kappa shape index (κ2) is 8.61. The number of oxazole rings is 1. The Morgan fingerprint density at radius 3 is 2.61 bits per heavy atom. The van der Waals surface area contributed by atoms with Gasteiger partial charge in [0.05, 0.1) is 5.56 Å². The molecule has 4 aromatic carbocycles. The summed E-state index contributed by atoms with van der Waals surface area (Å²) in [6, 6.07) is 22.4. The maximum Gasteiger partial charge on any atom is 0.260 e. The summed E-state index contributed by atoms with van der Waals surface area (Å²) >= 11 is 11.5. The maximum atomic E-state index is 13.8. The number of benzene rings is 4. The number of halogens is 2. The van der Waals surface area contributed by atoms with Crippen molar-refractivity contribution >= 4 is 62.4 Å². The summed E-state index contributed by atoms with van der Waals surface area (Å²) in [6.45, 7) is 0. The molecule has 5 aromatic rings. The molecule has 2 N–H and O–H groups in total. The minimum absolute atomic E-state index is 0.0371. The molecule has 0 spiro atoms. The summed E-state index contributed by atoms with van der Waals surface area (Å²) in [5.41, 5.74) is 2.54. The fourth-order valence-corrected chi connectivity index (χ4v) is 4.00. The number of aromatic nitrogens is 1. The molecule has 0 unspecified atom stereocenters. The van der Waals surface area contributed by atoms with Crippen molar-refractivity contribution in [2.45, 2.75) is 0 Å². The first-order valence-corrected chi connectivity index (χ1v) is 10.7. The number of carbonyl (C=O) groups excluding carboxylic acids is 1. The summed E-state index contributed by atoms with van der Waals surface area (Å²) in [5.74, 6) is -0.792. The quantitative estimate of drug-likeness (QED) is 0.289. The number of fused-ring (bicyclic) bond motifs is 2. The van der Waals surface area contributed by atoms with Gasteiger partial charge >= 0.3 is 0 Å². The summed E-state index contributed by atoms with van der Waals surface area (Å²) < 4.78 is 19.8. The van der Waals surface area contributed by atoms with Crippen LogP contribution in [0.3, 0.4) is 0 Å². The molecule has 162 valence electrons. The first-order chi connectivity index (χ1) is 16.0. The van der Waals surface area contributed by atoms with Gasteiger partial charge in [-0.25, -0.2) is 9.37 Å². The Morgan fingerprint density at radius 1 is 0.970 bits per heavy atom. The van der Waals surface area contributed by atoms with E-state index >= 15 is 0 Å². The lowest BCUT2D eigenvalue weighted by atomic mass is 10.0. The predicted molar refractivity (Wildman–Crippen MR) is 132 cm³/mol. The van der Waals surface area contributed by atoms with Crippen LogP contribution in [0.1, 0.15) is 10.4 Å². The van der Waals surface area contributed by atoms with E-state index in [9.17, 15) is 9.18 Å². The van der Waals surface area contributed by atoms with E-state index in [2.05, 4.69) is 15.6 Å². The monoisotopic (exact) mass is 475 g/mol. The highest BCUT2D eigenvalue weighted by molar-refractivity contribution is 7.80. The molecule has 0 fully saturated rings. The van der Waals surface area contributed by atoms with Gasteiger partial charge in [0.15, 0.2) is 10.7 Å². The molecule has 0 bridgehead atoms. The fourth-order valence-electron chi connectivity index (χ4n) is 3.56. The molecule has 0 aliphatic carbocycles. The zero-order chi connectivity index (χ0) is 22.9. The van der Waals surface area contributed by atoms with Gasteiger partial charge in [0, 0.05) is 21.7 Å². The molecule has 0 atom stereocenters. The molecule has 33 heavy (non-hydrogen) atoms. The van der Waals surface area contributed by atoms with Gasteiger partial charge in [0.1, 0.15) is 11.3 Å². The summed E-state index contributed by atoms with van der Waals surface area (Å²) in [6.07, 6.45) is 0.